The summed E-state index contributed by atoms with van der Waals surface area (Å²) >= 11 is 0. The Morgan fingerprint density at radius 2 is 1.81 bits per heavy atom. The van der Waals surface area contributed by atoms with Crippen LogP contribution in [-0.4, -0.2) is 52.2 Å². The zero-order valence-electron chi connectivity index (χ0n) is 18.7. The molecule has 0 unspecified atom stereocenters. The Labute approximate surface area is 189 Å². The summed E-state index contributed by atoms with van der Waals surface area (Å²) in [5.41, 5.74) is 4.92. The van der Waals surface area contributed by atoms with Gasteiger partial charge in [0.25, 0.3) is 0 Å². The number of rotatable bonds is 4. The van der Waals surface area contributed by atoms with E-state index in [-0.39, 0.29) is 5.92 Å². The normalized spacial score (nSPS) is 19.8. The second-order valence-electron chi connectivity index (χ2n) is 9.08. The monoisotopic (exact) mass is 429 g/mol. The summed E-state index contributed by atoms with van der Waals surface area (Å²) in [6, 6.07) is 14.4. The number of H-pyrrole nitrogens is 1. The maximum atomic E-state index is 13.3. The Bertz CT molecular complexity index is 1050. The fourth-order valence-corrected chi connectivity index (χ4v) is 5.27. The van der Waals surface area contributed by atoms with E-state index in [0.717, 1.165) is 57.7 Å². The summed E-state index contributed by atoms with van der Waals surface area (Å²) in [5.74, 6) is 1.77. The van der Waals surface area contributed by atoms with E-state index >= 15 is 0 Å². The molecule has 0 aliphatic carbocycles. The van der Waals surface area contributed by atoms with Crippen LogP contribution in [0.3, 0.4) is 0 Å². The number of pyridine rings is 1. The van der Waals surface area contributed by atoms with E-state index in [0.29, 0.717) is 11.8 Å². The van der Waals surface area contributed by atoms with Gasteiger partial charge in [0.15, 0.2) is 0 Å². The van der Waals surface area contributed by atoms with Crippen LogP contribution in [0.25, 0.3) is 11.1 Å². The minimum absolute atomic E-state index is 0.0667. The minimum atomic E-state index is 0.0667. The Balaban J connectivity index is 1.23. The van der Waals surface area contributed by atoms with Gasteiger partial charge in [-0.3, -0.25) is 9.89 Å². The SMILES string of the molecule is Cc1ccccc1-c1cn[nH]c1C1CCN(C(=O)[C@H]2CCCN(c3ccccn3)C2)CC1. The Kier molecular flexibility index (Phi) is 5.93. The molecule has 2 aliphatic heterocycles. The van der Waals surface area contributed by atoms with Crippen molar-refractivity contribution < 1.29 is 4.79 Å². The van der Waals surface area contributed by atoms with Crippen LogP contribution >= 0.6 is 0 Å². The van der Waals surface area contributed by atoms with E-state index in [9.17, 15) is 4.79 Å². The van der Waals surface area contributed by atoms with E-state index in [1.54, 1.807) is 0 Å². The van der Waals surface area contributed by atoms with Crippen LogP contribution in [0.15, 0.2) is 54.9 Å². The molecule has 166 valence electrons. The lowest BCUT2D eigenvalue weighted by molar-refractivity contribution is -0.136. The maximum Gasteiger partial charge on any atom is 0.227 e. The van der Waals surface area contributed by atoms with Gasteiger partial charge in [-0.05, 0) is 55.9 Å². The lowest BCUT2D eigenvalue weighted by atomic mass is 9.87. The number of benzene rings is 1. The number of carbonyl (C=O) groups excluding carboxylic acids is 1. The second kappa shape index (κ2) is 9.15. The minimum Gasteiger partial charge on any atom is -0.356 e. The Morgan fingerprint density at radius 1 is 1.00 bits per heavy atom. The number of aromatic amines is 1. The standard InChI is InChI=1S/C26H31N5O/c1-19-7-2-3-9-22(19)23-17-28-29-25(23)20-11-15-30(16-12-20)26(32)21-8-6-14-31(18-21)24-10-4-5-13-27-24/h2-5,7,9-10,13,17,20-21H,6,8,11-12,14-16,18H2,1H3,(H,28,29)/t21-/m0/s1. The number of carbonyl (C=O) groups is 1. The molecule has 1 amide bonds. The topological polar surface area (TPSA) is 65.1 Å². The number of nitrogens with one attached hydrogen (secondary N) is 1. The summed E-state index contributed by atoms with van der Waals surface area (Å²) < 4.78 is 0. The highest BCUT2D eigenvalue weighted by Crippen LogP contribution is 2.35. The van der Waals surface area contributed by atoms with Crippen LogP contribution in [0.1, 0.15) is 42.9 Å². The van der Waals surface area contributed by atoms with Gasteiger partial charge in [-0.2, -0.15) is 5.10 Å². The number of hydrogen-bond acceptors (Lipinski definition) is 4. The zero-order chi connectivity index (χ0) is 21.9. The quantitative estimate of drug-likeness (QED) is 0.668. The lowest BCUT2D eigenvalue weighted by Crippen LogP contribution is -2.47. The van der Waals surface area contributed by atoms with Crippen molar-refractivity contribution in [3.8, 4) is 11.1 Å². The molecule has 1 atom stereocenters. The third-order valence-corrected chi connectivity index (χ3v) is 7.06. The fraction of sp³-hybridized carbons (Fsp3) is 0.423. The predicted molar refractivity (Wildman–Crippen MR) is 126 cm³/mol. The van der Waals surface area contributed by atoms with Gasteiger partial charge in [-0.15, -0.1) is 0 Å². The molecule has 0 radical (unpaired) electrons. The molecule has 1 aromatic carbocycles. The van der Waals surface area contributed by atoms with E-state index in [2.05, 4.69) is 56.2 Å². The van der Waals surface area contributed by atoms with E-state index in [1.165, 1.54) is 22.4 Å². The molecular weight excluding hydrogens is 398 g/mol. The Morgan fingerprint density at radius 3 is 2.59 bits per heavy atom. The van der Waals surface area contributed by atoms with Crippen molar-refractivity contribution in [2.75, 3.05) is 31.1 Å². The number of nitrogens with zero attached hydrogens (tertiary/aromatic N) is 4. The average Bonchev–Trinajstić information content (AvgIpc) is 3.34. The number of likely N-dealkylation sites (tertiary alicyclic amines) is 1. The molecule has 0 saturated carbocycles. The van der Waals surface area contributed by atoms with Gasteiger partial charge in [-0.25, -0.2) is 4.98 Å². The first-order valence-corrected chi connectivity index (χ1v) is 11.7. The lowest BCUT2D eigenvalue weighted by Gasteiger charge is -2.38. The number of aryl methyl sites for hydroxylation is 1. The first-order chi connectivity index (χ1) is 15.7. The van der Waals surface area contributed by atoms with Crippen molar-refractivity contribution in [3.05, 3.63) is 66.1 Å². The molecule has 3 aromatic rings. The van der Waals surface area contributed by atoms with Crippen molar-refractivity contribution in [3.63, 3.8) is 0 Å². The van der Waals surface area contributed by atoms with Crippen molar-refractivity contribution in [1.29, 1.82) is 0 Å². The predicted octanol–water partition coefficient (Wildman–Crippen LogP) is 4.40. The molecule has 0 spiro atoms. The highest BCUT2D eigenvalue weighted by Gasteiger charge is 2.33. The molecule has 1 N–H and O–H groups in total. The van der Waals surface area contributed by atoms with Crippen molar-refractivity contribution in [2.24, 2.45) is 5.92 Å². The first-order valence-electron chi connectivity index (χ1n) is 11.7. The number of hydrogen-bond donors (Lipinski definition) is 1. The summed E-state index contributed by atoms with van der Waals surface area (Å²) in [6.45, 7) is 5.52. The molecule has 2 saturated heterocycles. The van der Waals surface area contributed by atoms with Crippen molar-refractivity contribution in [1.82, 2.24) is 20.1 Å². The molecule has 2 aliphatic rings. The van der Waals surface area contributed by atoms with Gasteiger partial charge in [0.05, 0.1) is 12.1 Å². The van der Waals surface area contributed by atoms with Gasteiger partial charge < -0.3 is 9.80 Å². The number of anilines is 1. The van der Waals surface area contributed by atoms with Gasteiger partial charge in [-0.1, -0.05) is 30.3 Å². The van der Waals surface area contributed by atoms with Crippen LogP contribution in [0.4, 0.5) is 5.82 Å². The summed E-state index contributed by atoms with van der Waals surface area (Å²) in [5, 5.41) is 7.63. The smallest absolute Gasteiger partial charge is 0.227 e. The van der Waals surface area contributed by atoms with Crippen LogP contribution in [0, 0.1) is 12.8 Å². The largest absolute Gasteiger partial charge is 0.356 e. The first kappa shape index (κ1) is 20.7. The molecule has 5 rings (SSSR count). The molecule has 2 aromatic heterocycles. The fourth-order valence-electron chi connectivity index (χ4n) is 5.27. The molecule has 2 fully saturated rings. The zero-order valence-corrected chi connectivity index (χ0v) is 18.7. The van der Waals surface area contributed by atoms with Crippen molar-refractivity contribution >= 4 is 11.7 Å². The highest BCUT2D eigenvalue weighted by atomic mass is 16.2. The molecule has 6 heteroatoms. The summed E-state index contributed by atoms with van der Waals surface area (Å²) in [7, 11) is 0. The number of piperidine rings is 2. The van der Waals surface area contributed by atoms with Gasteiger partial charge in [0.2, 0.25) is 5.91 Å². The van der Waals surface area contributed by atoms with Crippen LogP contribution in [-0.2, 0) is 4.79 Å². The van der Waals surface area contributed by atoms with E-state index in [1.807, 2.05) is 30.6 Å². The number of amides is 1. The Hall–Kier alpha value is -3.15. The van der Waals surface area contributed by atoms with Gasteiger partial charge in [0, 0.05) is 49.6 Å². The van der Waals surface area contributed by atoms with Crippen LogP contribution < -0.4 is 4.90 Å². The summed E-state index contributed by atoms with van der Waals surface area (Å²) in [4.78, 5) is 22.1. The third kappa shape index (κ3) is 4.14. The number of aromatic nitrogens is 3. The average molecular weight is 430 g/mol. The molecule has 6 nitrogen and oxygen atoms in total. The van der Waals surface area contributed by atoms with E-state index < -0.39 is 0 Å². The maximum absolute atomic E-state index is 13.3. The molecular formula is C26H31N5O. The summed E-state index contributed by atoms with van der Waals surface area (Å²) in [6.07, 6.45) is 7.74. The molecule has 4 heterocycles. The third-order valence-electron chi connectivity index (χ3n) is 7.06. The van der Waals surface area contributed by atoms with Crippen LogP contribution in [0.2, 0.25) is 0 Å². The molecule has 32 heavy (non-hydrogen) atoms. The second-order valence-corrected chi connectivity index (χ2v) is 9.08. The van der Waals surface area contributed by atoms with Crippen molar-refractivity contribution in [2.45, 2.75) is 38.5 Å². The van der Waals surface area contributed by atoms with Gasteiger partial charge >= 0.3 is 0 Å². The van der Waals surface area contributed by atoms with Gasteiger partial charge in [0.1, 0.15) is 5.82 Å². The molecule has 0 bridgehead atoms. The van der Waals surface area contributed by atoms with Crippen LogP contribution in [0.5, 0.6) is 0 Å². The highest BCUT2D eigenvalue weighted by molar-refractivity contribution is 5.80. The van der Waals surface area contributed by atoms with E-state index in [4.69, 9.17) is 0 Å².